The molecule has 0 aromatic heterocycles. The molecule has 0 amide bonds. The Labute approximate surface area is 324 Å². The van der Waals surface area contributed by atoms with E-state index in [9.17, 15) is 35.9 Å². The van der Waals surface area contributed by atoms with Crippen LogP contribution in [-0.2, 0) is 21.9 Å². The number of hydrogen-bond donors (Lipinski definition) is 0. The third-order valence-corrected chi connectivity index (χ3v) is 9.14. The Balaban J connectivity index is 1.86. The van der Waals surface area contributed by atoms with Crippen LogP contribution in [0.4, 0.5) is 37.7 Å². The maximum absolute atomic E-state index is 14.8. The summed E-state index contributed by atoms with van der Waals surface area (Å²) >= 11 is 0. The number of alkyl halides is 6. The van der Waals surface area contributed by atoms with E-state index in [1.807, 2.05) is 83.1 Å². The fraction of sp³-hybridized carbons (Fsp3) is 0.409. The number of rotatable bonds is 5. The van der Waals surface area contributed by atoms with Gasteiger partial charge in [-0.05, 0) is 80.4 Å². The van der Waals surface area contributed by atoms with Crippen molar-refractivity contribution in [3.63, 3.8) is 0 Å². The largest absolute Gasteiger partial charge is 0.419 e. The van der Waals surface area contributed by atoms with Crippen LogP contribution in [0.25, 0.3) is 11.1 Å². The van der Waals surface area contributed by atoms with E-state index in [2.05, 4.69) is 20.5 Å². The van der Waals surface area contributed by atoms with Crippen LogP contribution in [0.2, 0.25) is 0 Å². The van der Waals surface area contributed by atoms with Crippen LogP contribution in [0, 0.1) is 21.7 Å². The first-order valence-electron chi connectivity index (χ1n) is 18.0. The zero-order chi connectivity index (χ0) is 42.4. The molecule has 56 heavy (non-hydrogen) atoms. The molecule has 0 fully saturated rings. The van der Waals surface area contributed by atoms with E-state index in [-0.39, 0.29) is 11.6 Å². The molecular formula is C44H48F6N4O2. The van der Waals surface area contributed by atoms with Crippen LogP contribution in [0.1, 0.15) is 94.2 Å². The second-order valence-electron chi connectivity index (χ2n) is 18.0. The Morgan fingerprint density at radius 1 is 0.446 bits per heavy atom. The van der Waals surface area contributed by atoms with E-state index >= 15 is 0 Å². The molecule has 0 saturated carbocycles. The number of nitrogens with zero attached hydrogens (tertiary/aromatic N) is 4. The number of allylic oxidation sites excluding steroid dienone is 10. The molecule has 0 aliphatic heterocycles. The minimum Gasteiger partial charge on any atom is -0.289 e. The van der Waals surface area contributed by atoms with Gasteiger partial charge in [0.25, 0.3) is 0 Å². The lowest BCUT2D eigenvalue weighted by atomic mass is 9.72. The van der Waals surface area contributed by atoms with Crippen molar-refractivity contribution in [1.82, 2.24) is 0 Å². The SMILES string of the molecule is CC(C)(C)C1=CC(=CN=Nc2cccc(-c3cccc(N=NC=C4C=C(C(C)(C)C)C(=O)C(C(C)(C)C)=C4)c3C(F)(F)F)c2C(F)(F)F)C=C(C(C)(C)C)C1=O. The summed E-state index contributed by atoms with van der Waals surface area (Å²) in [4.78, 5) is 26.6. The predicted octanol–water partition coefficient (Wildman–Crippen LogP) is 14.4. The zero-order valence-corrected chi connectivity index (χ0v) is 33.8. The van der Waals surface area contributed by atoms with Crippen LogP contribution in [0.15, 0.2) is 127 Å². The first-order chi connectivity index (χ1) is 25.4. The number of halogens is 6. The Morgan fingerprint density at radius 2 is 0.714 bits per heavy atom. The average molecular weight is 779 g/mol. The van der Waals surface area contributed by atoms with Gasteiger partial charge in [-0.3, -0.25) is 9.59 Å². The topological polar surface area (TPSA) is 83.6 Å². The second kappa shape index (κ2) is 15.2. The standard InChI is InChI=1S/C44H48F6N4O2/c1-39(2,3)29-19-25(20-30(37(29)55)40(4,5)6)23-51-53-33-17-13-15-27(35(33)43(45,46)47)28-16-14-18-34(36(28)44(48,49)50)54-52-24-26-21-31(41(7,8)9)38(56)32(22-26)42(10,11)12/h13-24H,1-12H3. The zero-order valence-electron chi connectivity index (χ0n) is 33.8. The van der Waals surface area contributed by atoms with Crippen molar-refractivity contribution in [2.45, 2.75) is 95.4 Å². The van der Waals surface area contributed by atoms with Gasteiger partial charge in [-0.15, -0.1) is 0 Å². The molecule has 4 rings (SSSR count). The van der Waals surface area contributed by atoms with Crippen molar-refractivity contribution in [1.29, 1.82) is 0 Å². The molecular weight excluding hydrogens is 730 g/mol. The van der Waals surface area contributed by atoms with Gasteiger partial charge in [0.2, 0.25) is 0 Å². The maximum Gasteiger partial charge on any atom is 0.419 e. The highest BCUT2D eigenvalue weighted by Crippen LogP contribution is 2.49. The molecule has 0 atom stereocenters. The molecule has 2 aliphatic carbocycles. The third-order valence-electron chi connectivity index (χ3n) is 9.14. The van der Waals surface area contributed by atoms with Crippen molar-refractivity contribution < 1.29 is 35.9 Å². The number of carbonyl (C=O) groups is 2. The average Bonchev–Trinajstić information content (AvgIpc) is 3.02. The molecule has 2 aliphatic rings. The molecule has 0 unspecified atom stereocenters. The molecule has 12 heteroatoms. The first kappa shape index (κ1) is 43.7. The summed E-state index contributed by atoms with van der Waals surface area (Å²) in [7, 11) is 0. The summed E-state index contributed by atoms with van der Waals surface area (Å²) < 4.78 is 89.0. The third kappa shape index (κ3) is 9.86. The number of ketones is 2. The lowest BCUT2D eigenvalue weighted by molar-refractivity contribution is -0.138. The Morgan fingerprint density at radius 3 is 0.946 bits per heavy atom. The van der Waals surface area contributed by atoms with Gasteiger partial charge in [-0.25, -0.2) is 0 Å². The minimum atomic E-state index is -5.15. The van der Waals surface area contributed by atoms with Gasteiger partial charge in [0.1, 0.15) is 0 Å². The molecule has 2 aromatic carbocycles. The van der Waals surface area contributed by atoms with Gasteiger partial charge in [-0.2, -0.15) is 46.8 Å². The van der Waals surface area contributed by atoms with E-state index < -0.39 is 67.6 Å². The highest BCUT2D eigenvalue weighted by atomic mass is 19.4. The molecule has 0 radical (unpaired) electrons. The molecule has 298 valence electrons. The van der Waals surface area contributed by atoms with Crippen LogP contribution in [-0.4, -0.2) is 11.6 Å². The van der Waals surface area contributed by atoms with Gasteiger partial charge < -0.3 is 0 Å². The second-order valence-corrected chi connectivity index (χ2v) is 18.0. The van der Waals surface area contributed by atoms with Crippen molar-refractivity contribution in [3.05, 3.63) is 118 Å². The summed E-state index contributed by atoms with van der Waals surface area (Å²) in [6, 6.07) is 6.25. The number of Topliss-reactive ketones (excluding diaryl/α,β-unsaturated/α-hetero) is 2. The molecule has 0 heterocycles. The summed E-state index contributed by atoms with van der Waals surface area (Å²) in [5.74, 6) is -0.290. The van der Waals surface area contributed by atoms with Crippen molar-refractivity contribution in [3.8, 4) is 11.1 Å². The maximum atomic E-state index is 14.8. The van der Waals surface area contributed by atoms with Crippen LogP contribution in [0.5, 0.6) is 0 Å². The fourth-order valence-corrected chi connectivity index (χ4v) is 6.29. The number of azo groups is 2. The molecule has 2 aromatic rings. The monoisotopic (exact) mass is 778 g/mol. The number of carbonyl (C=O) groups excluding carboxylic acids is 2. The quantitative estimate of drug-likeness (QED) is 0.224. The molecule has 0 spiro atoms. The highest BCUT2D eigenvalue weighted by Gasteiger charge is 2.42. The van der Waals surface area contributed by atoms with E-state index in [0.29, 0.717) is 33.4 Å². The van der Waals surface area contributed by atoms with Crippen LogP contribution >= 0.6 is 0 Å². The van der Waals surface area contributed by atoms with Crippen molar-refractivity contribution >= 4 is 22.9 Å². The fourth-order valence-electron chi connectivity index (χ4n) is 6.29. The summed E-state index contributed by atoms with van der Waals surface area (Å²) in [6.45, 7) is 22.4. The van der Waals surface area contributed by atoms with Gasteiger partial charge in [-0.1, -0.05) is 107 Å². The van der Waals surface area contributed by atoms with Crippen LogP contribution in [0.3, 0.4) is 0 Å². The normalized spacial score (nSPS) is 16.7. The summed E-state index contributed by atoms with van der Waals surface area (Å²) in [5, 5.41) is 15.5. The molecule has 6 nitrogen and oxygen atoms in total. The van der Waals surface area contributed by atoms with Gasteiger partial charge >= 0.3 is 12.4 Å². The highest BCUT2D eigenvalue weighted by molar-refractivity contribution is 6.12. The van der Waals surface area contributed by atoms with E-state index in [4.69, 9.17) is 0 Å². The minimum absolute atomic E-state index is 0.145. The smallest absolute Gasteiger partial charge is 0.289 e. The van der Waals surface area contributed by atoms with Gasteiger partial charge in [0.15, 0.2) is 11.6 Å². The first-order valence-corrected chi connectivity index (χ1v) is 18.0. The van der Waals surface area contributed by atoms with Gasteiger partial charge in [0, 0.05) is 22.3 Å². The summed E-state index contributed by atoms with van der Waals surface area (Å²) in [5.41, 5.74) is -5.21. The van der Waals surface area contributed by atoms with E-state index in [1.165, 1.54) is 24.5 Å². The van der Waals surface area contributed by atoms with Gasteiger partial charge in [0.05, 0.1) is 34.9 Å². The van der Waals surface area contributed by atoms with Crippen molar-refractivity contribution in [2.24, 2.45) is 42.1 Å². The van der Waals surface area contributed by atoms with E-state index in [0.717, 1.165) is 24.3 Å². The summed E-state index contributed by atoms with van der Waals surface area (Å²) in [6.07, 6.45) is -1.43. The number of benzene rings is 2. The van der Waals surface area contributed by atoms with Crippen molar-refractivity contribution in [2.75, 3.05) is 0 Å². The predicted molar refractivity (Wildman–Crippen MR) is 207 cm³/mol. The Hall–Kier alpha value is -5.00. The number of hydrogen-bond acceptors (Lipinski definition) is 6. The lowest BCUT2D eigenvalue weighted by Crippen LogP contribution is -2.27. The Bertz CT molecular complexity index is 1950. The van der Waals surface area contributed by atoms with Crippen LogP contribution < -0.4 is 0 Å². The Kier molecular flexibility index (Phi) is 11.8. The molecule has 0 N–H and O–H groups in total. The lowest BCUT2D eigenvalue weighted by Gasteiger charge is -2.31. The molecule has 0 saturated heterocycles. The molecule has 0 bridgehead atoms. The van der Waals surface area contributed by atoms with E-state index in [1.54, 1.807) is 24.3 Å².